The number of fused-ring (bicyclic) bond motifs is 1. The maximum absolute atomic E-state index is 6.11. The van der Waals surface area contributed by atoms with Crippen LogP contribution in [-0.2, 0) is 5.54 Å². The molecule has 1 atom stereocenters. The van der Waals surface area contributed by atoms with E-state index in [4.69, 9.17) is 23.2 Å². The third-order valence-corrected chi connectivity index (χ3v) is 4.44. The Bertz CT molecular complexity index is 562. The van der Waals surface area contributed by atoms with Gasteiger partial charge in [0.2, 0.25) is 0 Å². The Morgan fingerprint density at radius 2 is 1.89 bits per heavy atom. The molecule has 4 heteroatoms. The molecule has 0 aliphatic carbocycles. The number of imidazole rings is 1. The van der Waals surface area contributed by atoms with Crippen molar-refractivity contribution in [3.8, 4) is 0 Å². The van der Waals surface area contributed by atoms with Crippen LogP contribution in [0.1, 0.15) is 40.0 Å². The highest BCUT2D eigenvalue weighted by Crippen LogP contribution is 2.33. The summed E-state index contributed by atoms with van der Waals surface area (Å²) in [6.45, 7) is 6.68. The number of benzene rings is 1. The van der Waals surface area contributed by atoms with Gasteiger partial charge in [0.25, 0.3) is 0 Å². The Balaban J connectivity index is 2.61. The maximum Gasteiger partial charge on any atom is 0.0963 e. The Kier molecular flexibility index (Phi) is 3.88. The number of halogens is 2. The average Bonchev–Trinajstić information content (AvgIpc) is 2.73. The van der Waals surface area contributed by atoms with Crippen molar-refractivity contribution in [2.45, 2.75) is 45.6 Å². The lowest BCUT2D eigenvalue weighted by molar-refractivity contribution is 0.287. The molecule has 0 fully saturated rings. The first kappa shape index (κ1) is 13.7. The second-order valence-corrected chi connectivity index (χ2v) is 5.78. The molecule has 0 aliphatic heterocycles. The molecule has 1 aromatic heterocycles. The SMILES string of the molecule is CCCC(C)(CC)n1cnc2cc(Cl)c(Cl)cc21. The number of aromatic nitrogens is 2. The molecular formula is C14H18Cl2N2. The van der Waals surface area contributed by atoms with Crippen molar-refractivity contribution in [3.63, 3.8) is 0 Å². The summed E-state index contributed by atoms with van der Waals surface area (Å²) in [6.07, 6.45) is 5.23. The van der Waals surface area contributed by atoms with Gasteiger partial charge in [0.1, 0.15) is 0 Å². The van der Waals surface area contributed by atoms with E-state index in [0.717, 1.165) is 30.3 Å². The molecule has 2 rings (SSSR count). The summed E-state index contributed by atoms with van der Waals surface area (Å²) < 4.78 is 2.23. The van der Waals surface area contributed by atoms with Crippen molar-refractivity contribution in [1.82, 2.24) is 9.55 Å². The van der Waals surface area contributed by atoms with Crippen molar-refractivity contribution in [3.05, 3.63) is 28.5 Å². The van der Waals surface area contributed by atoms with E-state index in [2.05, 4.69) is 30.3 Å². The lowest BCUT2D eigenvalue weighted by Gasteiger charge is -2.30. The van der Waals surface area contributed by atoms with Gasteiger partial charge in [0, 0.05) is 5.54 Å². The monoisotopic (exact) mass is 284 g/mol. The van der Waals surface area contributed by atoms with Crippen LogP contribution in [0.25, 0.3) is 11.0 Å². The highest BCUT2D eigenvalue weighted by atomic mass is 35.5. The minimum absolute atomic E-state index is 0.0840. The number of hydrogen-bond donors (Lipinski definition) is 0. The van der Waals surface area contributed by atoms with Gasteiger partial charge in [-0.15, -0.1) is 0 Å². The molecule has 2 nitrogen and oxygen atoms in total. The molecule has 0 spiro atoms. The van der Waals surface area contributed by atoms with Crippen molar-refractivity contribution < 1.29 is 0 Å². The van der Waals surface area contributed by atoms with Gasteiger partial charge in [0.05, 0.1) is 27.4 Å². The zero-order chi connectivity index (χ0) is 13.3. The molecule has 0 bridgehead atoms. The smallest absolute Gasteiger partial charge is 0.0963 e. The van der Waals surface area contributed by atoms with Crippen molar-refractivity contribution in [2.75, 3.05) is 0 Å². The Morgan fingerprint density at radius 1 is 1.22 bits per heavy atom. The Hall–Kier alpha value is -0.730. The molecule has 0 saturated heterocycles. The fourth-order valence-electron chi connectivity index (χ4n) is 2.44. The van der Waals surface area contributed by atoms with Crippen molar-refractivity contribution in [1.29, 1.82) is 0 Å². The van der Waals surface area contributed by atoms with Crippen LogP contribution in [0.5, 0.6) is 0 Å². The first-order chi connectivity index (χ1) is 8.51. The third-order valence-electron chi connectivity index (χ3n) is 3.72. The van der Waals surface area contributed by atoms with Crippen LogP contribution >= 0.6 is 23.2 Å². The molecule has 0 N–H and O–H groups in total. The molecule has 0 radical (unpaired) electrons. The minimum atomic E-state index is 0.0840. The molecule has 98 valence electrons. The van der Waals surface area contributed by atoms with Gasteiger partial charge in [-0.3, -0.25) is 0 Å². The quantitative estimate of drug-likeness (QED) is 0.748. The zero-order valence-electron chi connectivity index (χ0n) is 11.0. The molecule has 18 heavy (non-hydrogen) atoms. The van der Waals surface area contributed by atoms with E-state index < -0.39 is 0 Å². The number of rotatable bonds is 4. The van der Waals surface area contributed by atoms with Gasteiger partial charge in [-0.2, -0.15) is 0 Å². The van der Waals surface area contributed by atoms with Crippen LogP contribution in [0, 0.1) is 0 Å². The maximum atomic E-state index is 6.11. The minimum Gasteiger partial charge on any atom is -0.325 e. The van der Waals surface area contributed by atoms with E-state index in [-0.39, 0.29) is 5.54 Å². The van der Waals surface area contributed by atoms with Crippen LogP contribution in [0.15, 0.2) is 18.5 Å². The molecule has 1 aromatic carbocycles. The van der Waals surface area contributed by atoms with E-state index in [1.165, 1.54) is 0 Å². The lowest BCUT2D eigenvalue weighted by atomic mass is 9.92. The van der Waals surface area contributed by atoms with Crippen LogP contribution in [0.4, 0.5) is 0 Å². The van der Waals surface area contributed by atoms with Gasteiger partial charge in [-0.05, 0) is 31.9 Å². The average molecular weight is 285 g/mol. The van der Waals surface area contributed by atoms with Gasteiger partial charge in [0.15, 0.2) is 0 Å². The number of nitrogens with zero attached hydrogens (tertiary/aromatic N) is 2. The molecule has 1 unspecified atom stereocenters. The van der Waals surface area contributed by atoms with E-state index in [1.807, 2.05) is 18.5 Å². The van der Waals surface area contributed by atoms with E-state index in [9.17, 15) is 0 Å². The second-order valence-electron chi connectivity index (χ2n) is 4.97. The highest BCUT2D eigenvalue weighted by molar-refractivity contribution is 6.42. The number of hydrogen-bond acceptors (Lipinski definition) is 1. The van der Waals surface area contributed by atoms with Crippen molar-refractivity contribution in [2.24, 2.45) is 0 Å². The lowest BCUT2D eigenvalue weighted by Crippen LogP contribution is -2.28. The van der Waals surface area contributed by atoms with E-state index in [1.54, 1.807) is 0 Å². The fourth-order valence-corrected chi connectivity index (χ4v) is 2.76. The summed E-state index contributed by atoms with van der Waals surface area (Å²) in [4.78, 5) is 4.44. The predicted octanol–water partition coefficient (Wildman–Crippen LogP) is 5.27. The standard InChI is InChI=1S/C14H18Cl2N2/c1-4-6-14(3,5-2)18-9-17-12-7-10(15)11(16)8-13(12)18/h7-9H,4-6H2,1-3H3. The zero-order valence-corrected chi connectivity index (χ0v) is 12.5. The molecule has 1 heterocycles. The fraction of sp³-hybridized carbons (Fsp3) is 0.500. The third kappa shape index (κ3) is 2.24. The topological polar surface area (TPSA) is 17.8 Å². The van der Waals surface area contributed by atoms with Crippen LogP contribution < -0.4 is 0 Å². The summed E-state index contributed by atoms with van der Waals surface area (Å²) >= 11 is 12.1. The van der Waals surface area contributed by atoms with Crippen LogP contribution in [-0.4, -0.2) is 9.55 Å². The largest absolute Gasteiger partial charge is 0.325 e. The summed E-state index contributed by atoms with van der Waals surface area (Å²) in [5, 5.41) is 1.14. The summed E-state index contributed by atoms with van der Waals surface area (Å²) in [5.74, 6) is 0. The van der Waals surface area contributed by atoms with Gasteiger partial charge in [-0.25, -0.2) is 4.98 Å². The Morgan fingerprint density at radius 3 is 2.50 bits per heavy atom. The van der Waals surface area contributed by atoms with Crippen LogP contribution in [0.2, 0.25) is 10.0 Å². The first-order valence-corrected chi connectivity index (χ1v) is 7.10. The van der Waals surface area contributed by atoms with Crippen LogP contribution in [0.3, 0.4) is 0 Å². The van der Waals surface area contributed by atoms with Crippen molar-refractivity contribution >= 4 is 34.2 Å². The molecule has 2 aromatic rings. The van der Waals surface area contributed by atoms with Gasteiger partial charge in [-0.1, -0.05) is 43.5 Å². The summed E-state index contributed by atoms with van der Waals surface area (Å²) in [6, 6.07) is 3.74. The Labute approximate surface area is 118 Å². The van der Waals surface area contributed by atoms with E-state index >= 15 is 0 Å². The summed E-state index contributed by atoms with van der Waals surface area (Å²) in [5.41, 5.74) is 2.04. The first-order valence-electron chi connectivity index (χ1n) is 6.34. The molecule has 0 saturated carbocycles. The highest BCUT2D eigenvalue weighted by Gasteiger charge is 2.25. The normalized spacial score (nSPS) is 14.9. The molecule has 0 aliphatic rings. The van der Waals surface area contributed by atoms with Gasteiger partial charge >= 0.3 is 0 Å². The molecule has 0 amide bonds. The van der Waals surface area contributed by atoms with Gasteiger partial charge < -0.3 is 4.57 Å². The second kappa shape index (κ2) is 5.10. The van der Waals surface area contributed by atoms with E-state index in [0.29, 0.717) is 10.0 Å². The summed E-state index contributed by atoms with van der Waals surface area (Å²) in [7, 11) is 0. The predicted molar refractivity (Wildman–Crippen MR) is 78.6 cm³/mol. The molecular weight excluding hydrogens is 267 g/mol.